The van der Waals surface area contributed by atoms with Crippen molar-refractivity contribution in [2.75, 3.05) is 0 Å². The van der Waals surface area contributed by atoms with Gasteiger partial charge in [0.05, 0.1) is 0 Å². The summed E-state index contributed by atoms with van der Waals surface area (Å²) in [6.07, 6.45) is 1.30. The number of benzene rings is 1. The zero-order valence-electron chi connectivity index (χ0n) is 7.12. The number of hydrogen-bond acceptors (Lipinski definition) is 1. The highest BCUT2D eigenvalue weighted by atomic mass is 19.1. The molecular formula is C10H9FO2. The van der Waals surface area contributed by atoms with Gasteiger partial charge >= 0.3 is 5.97 Å². The lowest BCUT2D eigenvalue weighted by Gasteiger charge is -1.96. The molecular weight excluding hydrogens is 171 g/mol. The molecule has 0 fully saturated rings. The average Bonchev–Trinajstić information content (AvgIpc) is 2.08. The molecule has 0 amide bonds. The largest absolute Gasteiger partial charge is 0.478 e. The molecule has 1 N–H and O–H groups in total. The minimum Gasteiger partial charge on any atom is -0.478 e. The molecule has 13 heavy (non-hydrogen) atoms. The second kappa shape index (κ2) is 3.85. The van der Waals surface area contributed by atoms with Gasteiger partial charge in [0, 0.05) is 11.1 Å². The summed E-state index contributed by atoms with van der Waals surface area (Å²) >= 11 is 0. The summed E-state index contributed by atoms with van der Waals surface area (Å²) in [6.45, 7) is 1.43. The fourth-order valence-electron chi connectivity index (χ4n) is 0.887. The summed E-state index contributed by atoms with van der Waals surface area (Å²) in [5.41, 5.74) is 0.410. The molecule has 1 aromatic carbocycles. The molecule has 0 atom stereocenters. The molecule has 1 aromatic rings. The predicted octanol–water partition coefficient (Wildman–Crippen LogP) is 2.31. The fourth-order valence-corrected chi connectivity index (χ4v) is 0.887. The lowest BCUT2D eigenvalue weighted by molar-refractivity contribution is -0.132. The Morgan fingerprint density at radius 3 is 2.62 bits per heavy atom. The summed E-state index contributed by atoms with van der Waals surface area (Å²) in [7, 11) is 0. The maximum atomic E-state index is 13.0. The first kappa shape index (κ1) is 9.45. The van der Waals surface area contributed by atoms with Crippen LogP contribution in [-0.4, -0.2) is 11.1 Å². The number of carboxylic acids is 1. The Hall–Kier alpha value is -1.64. The van der Waals surface area contributed by atoms with Crippen molar-refractivity contribution in [1.29, 1.82) is 0 Å². The van der Waals surface area contributed by atoms with Crippen LogP contribution in [0.25, 0.3) is 6.08 Å². The molecule has 2 nitrogen and oxygen atoms in total. The first-order chi connectivity index (χ1) is 6.11. The van der Waals surface area contributed by atoms with Gasteiger partial charge in [0.15, 0.2) is 0 Å². The number of aliphatic carboxylic acids is 1. The smallest absolute Gasteiger partial charge is 0.331 e. The lowest BCUT2D eigenvalue weighted by Crippen LogP contribution is -1.95. The fraction of sp³-hybridized carbons (Fsp3) is 0.100. The maximum Gasteiger partial charge on any atom is 0.331 e. The van der Waals surface area contributed by atoms with Gasteiger partial charge in [0.25, 0.3) is 0 Å². The van der Waals surface area contributed by atoms with Crippen molar-refractivity contribution in [3.05, 3.63) is 41.2 Å². The van der Waals surface area contributed by atoms with Crippen LogP contribution < -0.4 is 0 Å². The van der Waals surface area contributed by atoms with E-state index in [1.807, 2.05) is 0 Å². The molecule has 0 saturated carbocycles. The summed E-state index contributed by atoms with van der Waals surface area (Å²) in [4.78, 5) is 10.4. The summed E-state index contributed by atoms with van der Waals surface area (Å²) in [5, 5.41) is 8.54. The number of halogens is 1. The van der Waals surface area contributed by atoms with Crippen molar-refractivity contribution >= 4 is 12.0 Å². The molecule has 0 bridgehead atoms. The van der Waals surface area contributed by atoms with Crippen LogP contribution in [-0.2, 0) is 4.79 Å². The molecule has 0 spiro atoms. The van der Waals surface area contributed by atoms with Crippen molar-refractivity contribution in [2.24, 2.45) is 0 Å². The van der Waals surface area contributed by atoms with E-state index in [-0.39, 0.29) is 5.57 Å². The Morgan fingerprint density at radius 1 is 1.46 bits per heavy atom. The van der Waals surface area contributed by atoms with Gasteiger partial charge in [-0.05, 0) is 19.1 Å². The predicted molar refractivity (Wildman–Crippen MR) is 47.7 cm³/mol. The van der Waals surface area contributed by atoms with Crippen LogP contribution in [0.1, 0.15) is 12.5 Å². The Balaban J connectivity index is 3.04. The molecule has 1 rings (SSSR count). The van der Waals surface area contributed by atoms with Crippen molar-refractivity contribution in [3.63, 3.8) is 0 Å². The summed E-state index contributed by atoms with van der Waals surface area (Å²) in [6, 6.07) is 6.04. The molecule has 0 unspecified atom stereocenters. The van der Waals surface area contributed by atoms with Gasteiger partial charge in [0.1, 0.15) is 5.82 Å². The zero-order valence-corrected chi connectivity index (χ0v) is 7.12. The Labute approximate surface area is 75.3 Å². The number of hydrogen-bond donors (Lipinski definition) is 1. The van der Waals surface area contributed by atoms with Gasteiger partial charge < -0.3 is 5.11 Å². The van der Waals surface area contributed by atoms with Gasteiger partial charge in [0.2, 0.25) is 0 Å². The Kier molecular flexibility index (Phi) is 2.80. The standard InChI is InChI=1S/C10H9FO2/c1-7(10(12)13)6-8-4-2-3-5-9(8)11/h2-6H,1H3,(H,12,13)/b7-6+. The van der Waals surface area contributed by atoms with Crippen LogP contribution in [0.2, 0.25) is 0 Å². The van der Waals surface area contributed by atoms with E-state index in [1.165, 1.54) is 25.1 Å². The molecule has 0 aliphatic carbocycles. The first-order valence-electron chi connectivity index (χ1n) is 3.77. The van der Waals surface area contributed by atoms with E-state index in [1.54, 1.807) is 12.1 Å². The van der Waals surface area contributed by atoms with Gasteiger partial charge in [-0.15, -0.1) is 0 Å². The maximum absolute atomic E-state index is 13.0. The molecule has 0 aromatic heterocycles. The van der Waals surface area contributed by atoms with E-state index in [0.29, 0.717) is 5.56 Å². The van der Waals surface area contributed by atoms with Crippen LogP contribution in [0.15, 0.2) is 29.8 Å². The van der Waals surface area contributed by atoms with Crippen LogP contribution in [0.5, 0.6) is 0 Å². The minimum absolute atomic E-state index is 0.116. The number of carbonyl (C=O) groups is 1. The van der Waals surface area contributed by atoms with Gasteiger partial charge in [-0.1, -0.05) is 18.2 Å². The third-order valence-electron chi connectivity index (χ3n) is 1.61. The van der Waals surface area contributed by atoms with Crippen molar-refractivity contribution < 1.29 is 14.3 Å². The van der Waals surface area contributed by atoms with E-state index >= 15 is 0 Å². The van der Waals surface area contributed by atoms with Crippen molar-refractivity contribution in [3.8, 4) is 0 Å². The lowest BCUT2D eigenvalue weighted by atomic mass is 10.1. The van der Waals surface area contributed by atoms with E-state index in [2.05, 4.69) is 0 Å². The number of rotatable bonds is 2. The van der Waals surface area contributed by atoms with Crippen molar-refractivity contribution in [1.82, 2.24) is 0 Å². The highest BCUT2D eigenvalue weighted by Crippen LogP contribution is 2.10. The van der Waals surface area contributed by atoms with E-state index < -0.39 is 11.8 Å². The summed E-state index contributed by atoms with van der Waals surface area (Å²) in [5.74, 6) is -1.45. The molecule has 0 aliphatic heterocycles. The van der Waals surface area contributed by atoms with Crippen LogP contribution in [0, 0.1) is 5.82 Å². The molecule has 3 heteroatoms. The monoisotopic (exact) mass is 180 g/mol. The molecule has 0 radical (unpaired) electrons. The highest BCUT2D eigenvalue weighted by molar-refractivity contribution is 5.91. The minimum atomic E-state index is -1.04. The van der Waals surface area contributed by atoms with Gasteiger partial charge in [-0.3, -0.25) is 0 Å². The zero-order chi connectivity index (χ0) is 9.84. The highest BCUT2D eigenvalue weighted by Gasteiger charge is 2.02. The Morgan fingerprint density at radius 2 is 2.08 bits per heavy atom. The van der Waals surface area contributed by atoms with Crippen molar-refractivity contribution in [2.45, 2.75) is 6.92 Å². The van der Waals surface area contributed by atoms with E-state index in [9.17, 15) is 9.18 Å². The average molecular weight is 180 g/mol. The third kappa shape index (κ3) is 2.40. The molecule has 0 aliphatic rings. The second-order valence-corrected chi connectivity index (χ2v) is 2.65. The molecule has 0 heterocycles. The van der Waals surface area contributed by atoms with Crippen LogP contribution >= 0.6 is 0 Å². The topological polar surface area (TPSA) is 37.3 Å². The normalized spacial score (nSPS) is 11.4. The third-order valence-corrected chi connectivity index (χ3v) is 1.61. The quantitative estimate of drug-likeness (QED) is 0.709. The van der Waals surface area contributed by atoms with Crippen LogP contribution in [0.4, 0.5) is 4.39 Å². The van der Waals surface area contributed by atoms with Crippen LogP contribution in [0.3, 0.4) is 0 Å². The first-order valence-corrected chi connectivity index (χ1v) is 3.77. The van der Waals surface area contributed by atoms with E-state index in [4.69, 9.17) is 5.11 Å². The summed E-state index contributed by atoms with van der Waals surface area (Å²) < 4.78 is 13.0. The van der Waals surface area contributed by atoms with E-state index in [0.717, 1.165) is 0 Å². The number of carboxylic acid groups (broad SMARTS) is 1. The Bertz CT molecular complexity index is 356. The second-order valence-electron chi connectivity index (χ2n) is 2.65. The SMILES string of the molecule is C/C(=C\c1ccccc1F)C(=O)O. The van der Waals surface area contributed by atoms with Gasteiger partial charge in [-0.25, -0.2) is 9.18 Å². The van der Waals surface area contributed by atoms with Gasteiger partial charge in [-0.2, -0.15) is 0 Å². The molecule has 0 saturated heterocycles. The molecule has 68 valence electrons.